The smallest absolute Gasteiger partial charge is 0.410 e. The van der Waals surface area contributed by atoms with Gasteiger partial charge in [0.25, 0.3) is 0 Å². The Bertz CT molecular complexity index is 793. The SMILES string of the molecule is COC(=O)C1CC1c1cccc(C2=CCN(C(=O)OC(C)(C)C)CC2)c1OC. The summed E-state index contributed by atoms with van der Waals surface area (Å²) in [4.78, 5) is 25.8. The molecular formula is C22H29NO5. The fourth-order valence-electron chi connectivity index (χ4n) is 3.68. The van der Waals surface area contributed by atoms with E-state index >= 15 is 0 Å². The van der Waals surface area contributed by atoms with E-state index in [4.69, 9.17) is 14.2 Å². The molecule has 1 aromatic carbocycles. The molecule has 1 saturated carbocycles. The van der Waals surface area contributed by atoms with Gasteiger partial charge < -0.3 is 19.1 Å². The van der Waals surface area contributed by atoms with Crippen LogP contribution in [0.1, 0.15) is 50.7 Å². The maximum Gasteiger partial charge on any atom is 0.410 e. The van der Waals surface area contributed by atoms with Crippen molar-refractivity contribution in [2.24, 2.45) is 5.92 Å². The lowest BCUT2D eigenvalue weighted by molar-refractivity contribution is -0.142. The Labute approximate surface area is 166 Å². The van der Waals surface area contributed by atoms with Gasteiger partial charge in [0.2, 0.25) is 0 Å². The van der Waals surface area contributed by atoms with Crippen molar-refractivity contribution in [1.29, 1.82) is 0 Å². The minimum atomic E-state index is -0.501. The van der Waals surface area contributed by atoms with Gasteiger partial charge in [-0.25, -0.2) is 4.79 Å². The summed E-state index contributed by atoms with van der Waals surface area (Å²) in [6.45, 7) is 6.71. The largest absolute Gasteiger partial charge is 0.496 e. The van der Waals surface area contributed by atoms with Crippen LogP contribution in [0.25, 0.3) is 5.57 Å². The molecular weight excluding hydrogens is 358 g/mol. The van der Waals surface area contributed by atoms with E-state index in [1.54, 1.807) is 12.0 Å². The number of carbonyl (C=O) groups is 2. The molecule has 2 atom stereocenters. The van der Waals surface area contributed by atoms with Crippen molar-refractivity contribution >= 4 is 17.6 Å². The lowest BCUT2D eigenvalue weighted by Gasteiger charge is -2.30. The first kappa shape index (κ1) is 20.2. The normalized spacial score (nSPS) is 21.6. The first-order chi connectivity index (χ1) is 13.2. The third-order valence-corrected chi connectivity index (χ3v) is 5.15. The van der Waals surface area contributed by atoms with Gasteiger partial charge in [-0.1, -0.05) is 24.3 Å². The van der Waals surface area contributed by atoms with Crippen molar-refractivity contribution < 1.29 is 23.8 Å². The van der Waals surface area contributed by atoms with Gasteiger partial charge >= 0.3 is 12.1 Å². The molecule has 1 aliphatic carbocycles. The summed E-state index contributed by atoms with van der Waals surface area (Å²) < 4.78 is 16.1. The van der Waals surface area contributed by atoms with Gasteiger partial charge in [-0.05, 0) is 44.7 Å². The Morgan fingerprint density at radius 1 is 1.18 bits per heavy atom. The molecule has 28 heavy (non-hydrogen) atoms. The Morgan fingerprint density at radius 3 is 2.50 bits per heavy atom. The average Bonchev–Trinajstić information content (AvgIpc) is 3.46. The highest BCUT2D eigenvalue weighted by Gasteiger charge is 2.46. The number of amides is 1. The van der Waals surface area contributed by atoms with Gasteiger partial charge in [0.05, 0.1) is 20.1 Å². The fraction of sp³-hybridized carbons (Fsp3) is 0.545. The predicted molar refractivity (Wildman–Crippen MR) is 106 cm³/mol. The molecule has 0 bridgehead atoms. The summed E-state index contributed by atoms with van der Waals surface area (Å²) in [5.41, 5.74) is 2.72. The molecule has 2 unspecified atom stereocenters. The lowest BCUT2D eigenvalue weighted by atomic mass is 9.94. The van der Waals surface area contributed by atoms with Crippen LogP contribution in [0.4, 0.5) is 4.79 Å². The topological polar surface area (TPSA) is 65.1 Å². The van der Waals surface area contributed by atoms with E-state index in [-0.39, 0.29) is 23.9 Å². The third-order valence-electron chi connectivity index (χ3n) is 5.15. The second kappa shape index (κ2) is 7.86. The number of nitrogens with zero attached hydrogens (tertiary/aromatic N) is 1. The molecule has 1 amide bonds. The van der Waals surface area contributed by atoms with Crippen LogP contribution in [0.2, 0.25) is 0 Å². The van der Waals surface area contributed by atoms with E-state index in [2.05, 4.69) is 6.08 Å². The molecule has 0 radical (unpaired) electrons. The molecule has 6 heteroatoms. The standard InChI is InChI=1S/C22H29NO5/c1-22(2,3)28-21(25)23-11-9-14(10-12-23)15-7-6-8-16(19(15)26-4)17-13-18(17)20(24)27-5/h6-9,17-18H,10-13H2,1-5H3. The van der Waals surface area contributed by atoms with Gasteiger partial charge in [0.15, 0.2) is 0 Å². The molecule has 0 spiro atoms. The van der Waals surface area contributed by atoms with Crippen LogP contribution in [-0.4, -0.2) is 49.9 Å². The minimum absolute atomic E-state index is 0.0860. The zero-order valence-electron chi connectivity index (χ0n) is 17.3. The average molecular weight is 387 g/mol. The number of methoxy groups -OCH3 is 2. The number of carbonyl (C=O) groups excluding carboxylic acids is 2. The van der Waals surface area contributed by atoms with E-state index in [1.807, 2.05) is 39.0 Å². The maximum absolute atomic E-state index is 12.3. The molecule has 0 aromatic heterocycles. The zero-order chi connectivity index (χ0) is 20.5. The van der Waals surface area contributed by atoms with Gasteiger partial charge in [-0.2, -0.15) is 0 Å². The van der Waals surface area contributed by atoms with E-state index < -0.39 is 5.60 Å². The zero-order valence-corrected chi connectivity index (χ0v) is 17.3. The summed E-state index contributed by atoms with van der Waals surface area (Å²) >= 11 is 0. The van der Waals surface area contributed by atoms with Gasteiger partial charge in [-0.3, -0.25) is 4.79 Å². The number of rotatable bonds is 4. The molecule has 0 saturated heterocycles. The van der Waals surface area contributed by atoms with Gasteiger partial charge in [-0.15, -0.1) is 0 Å². The second-order valence-corrected chi connectivity index (χ2v) is 8.31. The number of para-hydroxylation sites is 1. The van der Waals surface area contributed by atoms with Crippen LogP contribution < -0.4 is 4.74 Å². The Balaban J connectivity index is 1.77. The summed E-state index contributed by atoms with van der Waals surface area (Å²) in [6, 6.07) is 6.06. The summed E-state index contributed by atoms with van der Waals surface area (Å²) in [5.74, 6) is 0.708. The molecule has 152 valence electrons. The van der Waals surface area contributed by atoms with Crippen molar-refractivity contribution in [2.45, 2.75) is 45.1 Å². The molecule has 6 nitrogen and oxygen atoms in total. The van der Waals surface area contributed by atoms with Crippen LogP contribution >= 0.6 is 0 Å². The van der Waals surface area contributed by atoms with Crippen LogP contribution in [0.3, 0.4) is 0 Å². The fourth-order valence-corrected chi connectivity index (χ4v) is 3.68. The van der Waals surface area contributed by atoms with E-state index in [0.29, 0.717) is 13.1 Å². The lowest BCUT2D eigenvalue weighted by Crippen LogP contribution is -2.39. The summed E-state index contributed by atoms with van der Waals surface area (Å²) in [6.07, 6.45) is 3.28. The van der Waals surface area contributed by atoms with Crippen LogP contribution in [0, 0.1) is 5.92 Å². The number of ether oxygens (including phenoxy) is 3. The summed E-state index contributed by atoms with van der Waals surface area (Å²) in [7, 11) is 3.09. The third kappa shape index (κ3) is 4.32. The highest BCUT2D eigenvalue weighted by atomic mass is 16.6. The van der Waals surface area contributed by atoms with Crippen molar-refractivity contribution in [3.63, 3.8) is 0 Å². The van der Waals surface area contributed by atoms with Crippen molar-refractivity contribution in [3.05, 3.63) is 35.4 Å². The molecule has 1 aromatic rings. The quantitative estimate of drug-likeness (QED) is 0.731. The molecule has 2 aliphatic rings. The van der Waals surface area contributed by atoms with Crippen molar-refractivity contribution in [2.75, 3.05) is 27.3 Å². The molecule has 0 N–H and O–H groups in total. The first-order valence-corrected chi connectivity index (χ1v) is 9.67. The van der Waals surface area contributed by atoms with E-state index in [0.717, 1.165) is 35.3 Å². The minimum Gasteiger partial charge on any atom is -0.496 e. The van der Waals surface area contributed by atoms with Crippen molar-refractivity contribution in [3.8, 4) is 5.75 Å². The first-order valence-electron chi connectivity index (χ1n) is 9.67. The highest BCUT2D eigenvalue weighted by molar-refractivity contribution is 5.79. The highest BCUT2D eigenvalue weighted by Crippen LogP contribution is 2.52. The Kier molecular flexibility index (Phi) is 5.68. The molecule has 1 heterocycles. The van der Waals surface area contributed by atoms with Gasteiger partial charge in [0, 0.05) is 24.6 Å². The Hall–Kier alpha value is -2.50. The van der Waals surface area contributed by atoms with Gasteiger partial charge in [0.1, 0.15) is 11.4 Å². The maximum atomic E-state index is 12.3. The van der Waals surface area contributed by atoms with Crippen molar-refractivity contribution in [1.82, 2.24) is 4.90 Å². The number of benzene rings is 1. The van der Waals surface area contributed by atoms with Crippen LogP contribution in [-0.2, 0) is 14.3 Å². The van der Waals surface area contributed by atoms with E-state index in [1.165, 1.54) is 7.11 Å². The number of hydrogen-bond acceptors (Lipinski definition) is 5. The second-order valence-electron chi connectivity index (χ2n) is 8.31. The van der Waals surface area contributed by atoms with E-state index in [9.17, 15) is 9.59 Å². The monoisotopic (exact) mass is 387 g/mol. The van der Waals surface area contributed by atoms with Crippen LogP contribution in [0.15, 0.2) is 24.3 Å². The molecule has 1 aliphatic heterocycles. The summed E-state index contributed by atoms with van der Waals surface area (Å²) in [5, 5.41) is 0. The van der Waals surface area contributed by atoms with Crippen LogP contribution in [0.5, 0.6) is 5.75 Å². The number of hydrogen-bond donors (Lipinski definition) is 0. The number of esters is 1. The molecule has 1 fully saturated rings. The predicted octanol–water partition coefficient (Wildman–Crippen LogP) is 4.00. The Morgan fingerprint density at radius 2 is 1.93 bits per heavy atom. The molecule has 3 rings (SSSR count).